The van der Waals surface area contributed by atoms with Gasteiger partial charge in [0.1, 0.15) is 11.6 Å². The number of nitrogens with zero attached hydrogens (tertiary/aromatic N) is 1. The molecule has 2 aromatic rings. The first kappa shape index (κ1) is 19.2. The Labute approximate surface area is 151 Å². The highest BCUT2D eigenvalue weighted by molar-refractivity contribution is 7.85. The third-order valence-electron chi connectivity index (χ3n) is 3.60. The number of hydrogen-bond donors (Lipinski definition) is 3. The Morgan fingerprint density at radius 2 is 1.77 bits per heavy atom. The minimum Gasteiger partial charge on any atom is -0.360 e. The third kappa shape index (κ3) is 4.69. The fourth-order valence-electron chi connectivity index (χ4n) is 2.27. The molecule has 0 atom stereocenters. The second kappa shape index (κ2) is 7.82. The summed E-state index contributed by atoms with van der Waals surface area (Å²) in [6.45, 7) is 3.80. The molecule has 0 unspecified atom stereocenters. The molecule has 7 nitrogen and oxygen atoms in total. The minimum atomic E-state index is -4.39. The number of aryl methyl sites for hydroxylation is 2. The topological polar surface area (TPSA) is 119 Å². The van der Waals surface area contributed by atoms with Gasteiger partial charge in [-0.2, -0.15) is 13.7 Å². The molecule has 0 bridgehead atoms. The summed E-state index contributed by atoms with van der Waals surface area (Å²) in [5.41, 5.74) is 2.66. The van der Waals surface area contributed by atoms with Gasteiger partial charge in [0.15, 0.2) is 0 Å². The Morgan fingerprint density at radius 3 is 2.35 bits per heavy atom. The van der Waals surface area contributed by atoms with Crippen molar-refractivity contribution < 1.29 is 17.8 Å². The highest BCUT2D eigenvalue weighted by Gasteiger charge is 2.13. The highest BCUT2D eigenvalue weighted by atomic mass is 32.2. The van der Waals surface area contributed by atoms with Crippen molar-refractivity contribution in [2.45, 2.75) is 18.7 Å². The van der Waals surface area contributed by atoms with E-state index in [2.05, 4.69) is 10.6 Å². The Bertz CT molecular complexity index is 1000. The monoisotopic (exact) mass is 371 g/mol. The van der Waals surface area contributed by atoms with Gasteiger partial charge in [0.05, 0.1) is 4.90 Å². The first-order valence-electron chi connectivity index (χ1n) is 7.54. The van der Waals surface area contributed by atoms with Crippen molar-refractivity contribution >= 4 is 27.4 Å². The lowest BCUT2D eigenvalue weighted by molar-refractivity contribution is -0.112. The number of carbonyl (C=O) groups is 1. The average molecular weight is 371 g/mol. The van der Waals surface area contributed by atoms with Crippen LogP contribution in [0.25, 0.3) is 0 Å². The zero-order chi connectivity index (χ0) is 19.3. The van der Waals surface area contributed by atoms with Crippen LogP contribution in [0.5, 0.6) is 0 Å². The van der Waals surface area contributed by atoms with E-state index in [0.29, 0.717) is 0 Å². The van der Waals surface area contributed by atoms with E-state index < -0.39 is 16.0 Å². The highest BCUT2D eigenvalue weighted by Crippen LogP contribution is 2.20. The molecule has 0 saturated heterocycles. The van der Waals surface area contributed by atoms with Crippen LogP contribution in [0, 0.1) is 25.2 Å². The molecule has 0 aromatic heterocycles. The number of hydrogen-bond acceptors (Lipinski definition) is 5. The smallest absolute Gasteiger partial charge is 0.294 e. The summed E-state index contributed by atoms with van der Waals surface area (Å²) < 4.78 is 31.4. The van der Waals surface area contributed by atoms with Gasteiger partial charge in [-0.25, -0.2) is 0 Å². The molecule has 134 valence electrons. The first-order chi connectivity index (χ1) is 12.2. The molecule has 3 N–H and O–H groups in total. The maximum absolute atomic E-state index is 12.2. The number of anilines is 2. The standard InChI is InChI=1S/C18H17N3O4S/c1-12-5-3-6-13(2)17(12)20-11-14(10-19)18(22)21-15-7-4-8-16(9-15)26(23,24)25/h3-9,11,20H,1-2H3,(H,21,22)(H,23,24,25)/b14-11-. The molecule has 0 aliphatic carbocycles. The van der Waals surface area contributed by atoms with Gasteiger partial charge in [0, 0.05) is 17.6 Å². The SMILES string of the molecule is Cc1cccc(C)c1N/C=C(/C#N)C(=O)Nc1cccc(S(=O)(=O)O)c1. The molecule has 0 radical (unpaired) electrons. The van der Waals surface area contributed by atoms with E-state index in [1.54, 1.807) is 6.07 Å². The number of rotatable bonds is 5. The number of para-hydroxylation sites is 1. The summed E-state index contributed by atoms with van der Waals surface area (Å²) in [6, 6.07) is 12.6. The maximum Gasteiger partial charge on any atom is 0.294 e. The van der Waals surface area contributed by atoms with E-state index in [4.69, 9.17) is 4.55 Å². The van der Waals surface area contributed by atoms with Crippen LogP contribution in [0.3, 0.4) is 0 Å². The van der Waals surface area contributed by atoms with Crippen LogP contribution < -0.4 is 10.6 Å². The molecule has 2 aromatic carbocycles. The average Bonchev–Trinajstić information content (AvgIpc) is 2.57. The van der Waals surface area contributed by atoms with Crippen LogP contribution in [0.1, 0.15) is 11.1 Å². The molecule has 0 aliphatic heterocycles. The summed E-state index contributed by atoms with van der Waals surface area (Å²) >= 11 is 0. The van der Waals surface area contributed by atoms with E-state index in [0.717, 1.165) is 22.9 Å². The molecule has 0 fully saturated rings. The maximum atomic E-state index is 12.2. The zero-order valence-electron chi connectivity index (χ0n) is 14.1. The largest absolute Gasteiger partial charge is 0.360 e. The molecule has 0 heterocycles. The Kier molecular flexibility index (Phi) is 5.77. The number of carbonyl (C=O) groups excluding carboxylic acids is 1. The lowest BCUT2D eigenvalue weighted by Crippen LogP contribution is -2.15. The Balaban J connectivity index is 2.21. The molecular formula is C18H17N3O4S. The van der Waals surface area contributed by atoms with E-state index in [-0.39, 0.29) is 16.2 Å². The van der Waals surface area contributed by atoms with E-state index >= 15 is 0 Å². The second-order valence-electron chi connectivity index (χ2n) is 5.54. The normalized spacial score (nSPS) is 11.5. The van der Waals surface area contributed by atoms with Crippen LogP contribution in [-0.2, 0) is 14.9 Å². The lowest BCUT2D eigenvalue weighted by Gasteiger charge is -2.10. The van der Waals surface area contributed by atoms with Gasteiger partial charge < -0.3 is 10.6 Å². The zero-order valence-corrected chi connectivity index (χ0v) is 15.0. The van der Waals surface area contributed by atoms with Crippen molar-refractivity contribution in [1.29, 1.82) is 5.26 Å². The van der Waals surface area contributed by atoms with Crippen molar-refractivity contribution in [2.24, 2.45) is 0 Å². The van der Waals surface area contributed by atoms with Crippen LogP contribution in [-0.4, -0.2) is 18.9 Å². The number of nitrogens with one attached hydrogen (secondary N) is 2. The summed E-state index contributed by atoms with van der Waals surface area (Å²) in [6.07, 6.45) is 1.29. The fourth-order valence-corrected chi connectivity index (χ4v) is 2.79. The minimum absolute atomic E-state index is 0.137. The summed E-state index contributed by atoms with van der Waals surface area (Å²) in [7, 11) is -4.39. The predicted octanol–water partition coefficient (Wildman–Crippen LogP) is 3.01. The van der Waals surface area contributed by atoms with Crippen molar-refractivity contribution in [2.75, 3.05) is 10.6 Å². The Morgan fingerprint density at radius 1 is 1.15 bits per heavy atom. The van der Waals surface area contributed by atoms with Crippen LogP contribution in [0.4, 0.5) is 11.4 Å². The van der Waals surface area contributed by atoms with Gasteiger partial charge in [-0.1, -0.05) is 24.3 Å². The molecule has 26 heavy (non-hydrogen) atoms. The van der Waals surface area contributed by atoms with Crippen molar-refractivity contribution in [3.05, 3.63) is 65.4 Å². The van der Waals surface area contributed by atoms with E-state index in [9.17, 15) is 18.5 Å². The summed E-state index contributed by atoms with van der Waals surface area (Å²) in [5, 5.41) is 14.6. The molecule has 1 amide bonds. The predicted molar refractivity (Wildman–Crippen MR) is 98.1 cm³/mol. The molecule has 0 saturated carbocycles. The van der Waals surface area contributed by atoms with Crippen molar-refractivity contribution in [1.82, 2.24) is 0 Å². The first-order valence-corrected chi connectivity index (χ1v) is 8.98. The molecular weight excluding hydrogens is 354 g/mol. The fraction of sp³-hybridized carbons (Fsp3) is 0.111. The van der Waals surface area contributed by atoms with Crippen LogP contribution >= 0.6 is 0 Å². The molecule has 8 heteroatoms. The second-order valence-corrected chi connectivity index (χ2v) is 6.96. The quantitative estimate of drug-likeness (QED) is 0.422. The summed E-state index contributed by atoms with van der Waals surface area (Å²) in [5.74, 6) is -0.710. The van der Waals surface area contributed by atoms with E-state index in [1.807, 2.05) is 32.0 Å². The van der Waals surface area contributed by atoms with Gasteiger partial charge in [-0.3, -0.25) is 9.35 Å². The van der Waals surface area contributed by atoms with Crippen molar-refractivity contribution in [3.63, 3.8) is 0 Å². The molecule has 2 rings (SSSR count). The van der Waals surface area contributed by atoms with Gasteiger partial charge in [0.25, 0.3) is 16.0 Å². The van der Waals surface area contributed by atoms with Gasteiger partial charge in [-0.05, 0) is 43.2 Å². The van der Waals surface area contributed by atoms with Crippen molar-refractivity contribution in [3.8, 4) is 6.07 Å². The van der Waals surface area contributed by atoms with Gasteiger partial charge >= 0.3 is 0 Å². The summed E-state index contributed by atoms with van der Waals surface area (Å²) in [4.78, 5) is 11.9. The molecule has 0 spiro atoms. The lowest BCUT2D eigenvalue weighted by atomic mass is 10.1. The van der Waals surface area contributed by atoms with Gasteiger partial charge in [0.2, 0.25) is 0 Å². The van der Waals surface area contributed by atoms with E-state index in [1.165, 1.54) is 24.4 Å². The number of nitriles is 1. The Hall–Kier alpha value is -3.15. The molecule has 0 aliphatic rings. The van der Waals surface area contributed by atoms with Gasteiger partial charge in [-0.15, -0.1) is 0 Å². The third-order valence-corrected chi connectivity index (χ3v) is 4.45. The number of benzene rings is 2. The number of amides is 1. The van der Waals surface area contributed by atoms with Crippen LogP contribution in [0.15, 0.2) is 59.1 Å². The van der Waals surface area contributed by atoms with Crippen LogP contribution in [0.2, 0.25) is 0 Å².